The molecule has 0 amide bonds. The van der Waals surface area contributed by atoms with Gasteiger partial charge >= 0.3 is 5.97 Å². The summed E-state index contributed by atoms with van der Waals surface area (Å²) in [5, 5.41) is 115. The number of aliphatic hydroxyl groups is 8. The number of carbonyl (C=O) groups is 1. The number of aliphatic hydroxyl groups excluding tert-OH is 8. The molecule has 14 atom stereocenters. The highest BCUT2D eigenvalue weighted by Crippen LogP contribution is 2.39. The average Bonchev–Trinajstić information content (AvgIpc) is 3.24. The largest absolute Gasteiger partial charge is 0.508 e. The summed E-state index contributed by atoms with van der Waals surface area (Å²) in [6, 6.07) is 13.2. The highest BCUT2D eigenvalue weighted by atomic mass is 16.8. The van der Waals surface area contributed by atoms with E-state index in [9.17, 15) is 65.8 Å². The van der Waals surface area contributed by atoms with Crippen LogP contribution < -0.4 is 14.9 Å². The molecule has 0 spiro atoms. The molecule has 21 heteroatoms. The first-order valence-corrected chi connectivity index (χ1v) is 19.1. The van der Waals surface area contributed by atoms with E-state index in [1.54, 1.807) is 0 Å². The summed E-state index contributed by atoms with van der Waals surface area (Å²) in [7, 11) is 0. The maximum absolute atomic E-state index is 14.3. The summed E-state index contributed by atoms with van der Waals surface area (Å²) in [5.41, 5.74) is -0.670. The maximum Gasteiger partial charge on any atom is 0.330 e. The van der Waals surface area contributed by atoms with E-state index >= 15 is 0 Å². The molecule has 0 aliphatic carbocycles. The zero-order valence-electron chi connectivity index (χ0n) is 32.4. The number of phenols is 3. The summed E-state index contributed by atoms with van der Waals surface area (Å²) >= 11 is 0. The number of rotatable bonds is 11. The molecule has 4 heterocycles. The molecule has 0 saturated carbocycles. The topological polar surface area (TPSA) is 334 Å². The van der Waals surface area contributed by atoms with Gasteiger partial charge in [-0.3, -0.25) is 4.79 Å². The Morgan fingerprint density at radius 1 is 0.742 bits per heavy atom. The zero-order chi connectivity index (χ0) is 44.6. The van der Waals surface area contributed by atoms with Crippen LogP contribution in [0.3, 0.4) is 0 Å². The molecule has 3 fully saturated rings. The smallest absolute Gasteiger partial charge is 0.330 e. The van der Waals surface area contributed by atoms with Crippen LogP contribution in [0.4, 0.5) is 0 Å². The van der Waals surface area contributed by atoms with Crippen LogP contribution in [0.2, 0.25) is 0 Å². The molecule has 1 aromatic heterocycles. The Morgan fingerprint density at radius 3 is 2.08 bits per heavy atom. The quantitative estimate of drug-likeness (QED) is 0.0616. The lowest BCUT2D eigenvalue weighted by molar-refractivity contribution is -0.348. The van der Waals surface area contributed by atoms with Gasteiger partial charge in [-0.25, -0.2) is 4.79 Å². The van der Waals surface area contributed by atoms with Crippen molar-refractivity contribution in [3.63, 3.8) is 0 Å². The first-order valence-electron chi connectivity index (χ1n) is 19.1. The highest BCUT2D eigenvalue weighted by Gasteiger charge is 2.50. The van der Waals surface area contributed by atoms with Crippen LogP contribution in [0.15, 0.2) is 76.0 Å². The number of fused-ring (bicyclic) bond motifs is 1. The molecular formula is C41H44O21. The Balaban J connectivity index is 1.15. The Morgan fingerprint density at radius 2 is 1.39 bits per heavy atom. The summed E-state index contributed by atoms with van der Waals surface area (Å²) in [4.78, 5) is 26.8. The second kappa shape index (κ2) is 18.5. The third-order valence-corrected chi connectivity index (χ3v) is 10.4. The van der Waals surface area contributed by atoms with Crippen LogP contribution in [0, 0.1) is 0 Å². The molecule has 0 unspecified atom stereocenters. The third kappa shape index (κ3) is 9.34. The monoisotopic (exact) mass is 872 g/mol. The first kappa shape index (κ1) is 44.6. The van der Waals surface area contributed by atoms with Gasteiger partial charge in [0, 0.05) is 23.8 Å². The van der Waals surface area contributed by atoms with Gasteiger partial charge in [-0.1, -0.05) is 12.1 Å². The fourth-order valence-electron chi connectivity index (χ4n) is 6.89. The second-order valence-electron chi connectivity index (χ2n) is 14.8. The molecule has 0 bridgehead atoms. The van der Waals surface area contributed by atoms with Gasteiger partial charge in [0.05, 0.1) is 12.7 Å². The summed E-state index contributed by atoms with van der Waals surface area (Å²) < 4.78 is 45.6. The summed E-state index contributed by atoms with van der Waals surface area (Å²) in [5.74, 6) is -2.97. The molecule has 3 aromatic carbocycles. The van der Waals surface area contributed by atoms with Crippen LogP contribution >= 0.6 is 0 Å². The minimum absolute atomic E-state index is 0.0145. The predicted molar refractivity (Wildman–Crippen MR) is 206 cm³/mol. The van der Waals surface area contributed by atoms with Gasteiger partial charge in [0.15, 0.2) is 18.2 Å². The van der Waals surface area contributed by atoms with Gasteiger partial charge in [0.25, 0.3) is 0 Å². The molecule has 62 heavy (non-hydrogen) atoms. The molecule has 21 nitrogen and oxygen atoms in total. The zero-order valence-corrected chi connectivity index (χ0v) is 32.4. The lowest BCUT2D eigenvalue weighted by atomic mass is 9.98. The fourth-order valence-corrected chi connectivity index (χ4v) is 6.89. The van der Waals surface area contributed by atoms with Gasteiger partial charge in [-0.2, -0.15) is 0 Å². The lowest BCUT2D eigenvalue weighted by Gasteiger charge is -2.44. The van der Waals surface area contributed by atoms with Crippen molar-refractivity contribution < 1.29 is 98.5 Å². The van der Waals surface area contributed by atoms with Crippen LogP contribution in [-0.2, 0) is 28.5 Å². The van der Waals surface area contributed by atoms with Gasteiger partial charge in [-0.15, -0.1) is 0 Å². The van der Waals surface area contributed by atoms with Crippen molar-refractivity contribution >= 4 is 23.0 Å². The number of aromatic hydroxyl groups is 3. The van der Waals surface area contributed by atoms with Gasteiger partial charge < -0.3 is 93.7 Å². The van der Waals surface area contributed by atoms with Crippen LogP contribution in [0.1, 0.15) is 12.5 Å². The van der Waals surface area contributed by atoms with E-state index < -0.39 is 128 Å². The van der Waals surface area contributed by atoms with E-state index in [4.69, 9.17) is 37.6 Å². The third-order valence-electron chi connectivity index (χ3n) is 10.4. The van der Waals surface area contributed by atoms with Crippen molar-refractivity contribution in [2.75, 3.05) is 13.2 Å². The Hall–Kier alpha value is -5.40. The van der Waals surface area contributed by atoms with Crippen molar-refractivity contribution in [1.82, 2.24) is 0 Å². The van der Waals surface area contributed by atoms with Crippen LogP contribution in [0.25, 0.3) is 28.4 Å². The van der Waals surface area contributed by atoms with E-state index in [-0.39, 0.29) is 34.2 Å². The molecule has 0 radical (unpaired) electrons. The minimum atomic E-state index is -2.01. The highest BCUT2D eigenvalue weighted by molar-refractivity contribution is 5.88. The van der Waals surface area contributed by atoms with Crippen molar-refractivity contribution in [1.29, 1.82) is 0 Å². The van der Waals surface area contributed by atoms with E-state index in [2.05, 4.69) is 0 Å². The molecule has 7 rings (SSSR count). The van der Waals surface area contributed by atoms with E-state index in [0.717, 1.165) is 18.2 Å². The summed E-state index contributed by atoms with van der Waals surface area (Å²) in [6.45, 7) is 0.176. The van der Waals surface area contributed by atoms with E-state index in [1.807, 2.05) is 0 Å². The number of hydrogen-bond donors (Lipinski definition) is 11. The SMILES string of the molecule is C[C@@H]1O[C@@H](Oc2cc(O)c3c(=O)c(O[C@@H]4OC[C@@H](O)[C@H](O)[C@H]4O[C@@H]4O[C@H](COC(=O)/C=C/c5ccc(O)cc5)[C@@H](O)[C@H](O)[C@H]4O)c(-c4ccc(O)cc4)oc3c2)[C@H](O)[C@H](O)[C@H]1O. The normalized spacial score (nSPS) is 32.7. The standard InChI is InChI=1S/C41H44O21/c1-16-28(47)32(51)34(53)39(57-16)58-21-12-22(44)27-24(13-21)59-36(18-5-9-20(43)10-6-18)37(31(27)50)61-41-38(29(48)23(45)14-56-41)62-40-35(54)33(52)30(49)25(60-40)15-55-26(46)11-4-17-2-7-19(42)8-3-17/h2-13,16,23,25,28-30,32-35,38-45,47-49,51-54H,14-15H2,1H3/b11-4+/t16-,23+,25+,28-,29-,30+,32+,33-,34+,35+,38+,39-,40-,41-/m0/s1. The van der Waals surface area contributed by atoms with Crippen molar-refractivity contribution in [2.24, 2.45) is 0 Å². The Bertz CT molecular complexity index is 2280. The Kier molecular flexibility index (Phi) is 13.3. The molecule has 3 aliphatic rings. The van der Waals surface area contributed by atoms with Crippen molar-refractivity contribution in [3.8, 4) is 40.1 Å². The van der Waals surface area contributed by atoms with Gasteiger partial charge in [-0.05, 0) is 55.0 Å². The van der Waals surface area contributed by atoms with Crippen molar-refractivity contribution in [2.45, 2.75) is 92.9 Å². The molecule has 3 aliphatic heterocycles. The predicted octanol–water partition coefficient (Wildman–Crippen LogP) is -1.31. The molecular weight excluding hydrogens is 828 g/mol. The van der Waals surface area contributed by atoms with E-state index in [0.29, 0.717) is 5.56 Å². The molecule has 11 N–H and O–H groups in total. The fraction of sp³-hybridized carbons (Fsp3) is 0.415. The lowest BCUT2D eigenvalue weighted by Crippen LogP contribution is -2.63. The number of hydrogen-bond acceptors (Lipinski definition) is 21. The van der Waals surface area contributed by atoms with Gasteiger partial charge in [0.2, 0.25) is 23.8 Å². The average molecular weight is 873 g/mol. The molecule has 334 valence electrons. The molecule has 4 aromatic rings. The van der Waals surface area contributed by atoms with Crippen LogP contribution in [0.5, 0.6) is 28.7 Å². The van der Waals surface area contributed by atoms with E-state index in [1.165, 1.54) is 61.5 Å². The number of esters is 1. The number of benzene rings is 3. The van der Waals surface area contributed by atoms with Gasteiger partial charge in [0.1, 0.15) is 95.5 Å². The van der Waals surface area contributed by atoms with Crippen LogP contribution in [-0.4, -0.2) is 161 Å². The molecule has 3 saturated heterocycles. The second-order valence-corrected chi connectivity index (χ2v) is 14.8. The first-order chi connectivity index (χ1) is 29.5. The number of ether oxygens (including phenoxy) is 7. The summed E-state index contributed by atoms with van der Waals surface area (Å²) in [6.07, 6.45) is -21.3. The number of phenolic OH excluding ortho intramolecular Hbond substituents is 3. The minimum Gasteiger partial charge on any atom is -0.508 e. The maximum atomic E-state index is 14.3. The number of carbonyl (C=O) groups excluding carboxylic acids is 1. The Labute approximate surface area is 349 Å². The van der Waals surface area contributed by atoms with Crippen molar-refractivity contribution in [3.05, 3.63) is 82.5 Å².